The molecule has 0 unspecified atom stereocenters. The van der Waals surface area contributed by atoms with Crippen LogP contribution in [0.1, 0.15) is 18.2 Å². The molecule has 0 aliphatic rings. The molecule has 0 saturated carbocycles. The van der Waals surface area contributed by atoms with E-state index < -0.39 is 12.1 Å². The normalized spacial score (nSPS) is 11.8. The van der Waals surface area contributed by atoms with E-state index in [1.165, 1.54) is 6.20 Å². The monoisotopic (exact) mass is 226 g/mol. The van der Waals surface area contributed by atoms with Gasteiger partial charge >= 0.3 is 6.09 Å². The zero-order valence-electron chi connectivity index (χ0n) is 7.98. The first-order valence-corrected chi connectivity index (χ1v) is 4.73. The van der Waals surface area contributed by atoms with Gasteiger partial charge in [0.25, 0.3) is 0 Å². The quantitative estimate of drug-likeness (QED) is 0.776. The highest BCUT2D eigenvalue weighted by Crippen LogP contribution is 2.18. The number of rotatable bonds is 4. The van der Waals surface area contributed by atoms with Crippen molar-refractivity contribution < 1.29 is 9.90 Å². The van der Waals surface area contributed by atoms with E-state index in [-0.39, 0.29) is 0 Å². The fraction of sp³-hybridized carbons (Fsp3) is 0.200. The van der Waals surface area contributed by atoms with Gasteiger partial charge in [0.1, 0.15) is 0 Å². The summed E-state index contributed by atoms with van der Waals surface area (Å²) >= 11 is 5.78. The van der Waals surface area contributed by atoms with Gasteiger partial charge in [-0.2, -0.15) is 0 Å². The number of nitrogens with zero attached hydrogens (tertiary/aromatic N) is 1. The second kappa shape index (κ2) is 5.36. The molecular formula is C10H11ClN2O2. The molecule has 0 saturated heterocycles. The van der Waals surface area contributed by atoms with Crippen molar-refractivity contribution in [1.82, 2.24) is 10.3 Å². The van der Waals surface area contributed by atoms with Crippen LogP contribution in [-0.4, -0.2) is 16.2 Å². The summed E-state index contributed by atoms with van der Waals surface area (Å²) in [7, 11) is 0. The van der Waals surface area contributed by atoms with Crippen LogP contribution in [0.5, 0.6) is 0 Å². The molecule has 0 radical (unpaired) electrons. The smallest absolute Gasteiger partial charge is 0.405 e. The van der Waals surface area contributed by atoms with E-state index >= 15 is 0 Å². The van der Waals surface area contributed by atoms with Crippen LogP contribution in [0.2, 0.25) is 5.02 Å². The molecule has 1 aromatic heterocycles. The van der Waals surface area contributed by atoms with Gasteiger partial charge in [0, 0.05) is 11.2 Å². The van der Waals surface area contributed by atoms with Gasteiger partial charge in [0.2, 0.25) is 0 Å². The van der Waals surface area contributed by atoms with Crippen LogP contribution in [0.15, 0.2) is 31.0 Å². The summed E-state index contributed by atoms with van der Waals surface area (Å²) in [5.74, 6) is 0. The van der Waals surface area contributed by atoms with Gasteiger partial charge in [0.15, 0.2) is 0 Å². The maximum Gasteiger partial charge on any atom is 0.405 e. The van der Waals surface area contributed by atoms with Crippen LogP contribution in [-0.2, 0) is 0 Å². The van der Waals surface area contributed by atoms with Crippen molar-refractivity contribution >= 4 is 17.7 Å². The highest BCUT2D eigenvalue weighted by Gasteiger charge is 2.13. The summed E-state index contributed by atoms with van der Waals surface area (Å²) < 4.78 is 0. The fourth-order valence-electron chi connectivity index (χ4n) is 1.18. The van der Waals surface area contributed by atoms with Crippen LogP contribution < -0.4 is 5.32 Å². The van der Waals surface area contributed by atoms with Crippen molar-refractivity contribution in [2.24, 2.45) is 0 Å². The lowest BCUT2D eigenvalue weighted by atomic mass is 10.1. The maximum absolute atomic E-state index is 10.5. The predicted octanol–water partition coefficient (Wildman–Crippen LogP) is 2.62. The van der Waals surface area contributed by atoms with Crippen LogP contribution in [0, 0.1) is 0 Å². The van der Waals surface area contributed by atoms with Crippen LogP contribution >= 0.6 is 11.6 Å². The van der Waals surface area contributed by atoms with Gasteiger partial charge in [-0.05, 0) is 18.6 Å². The molecule has 0 aliphatic heterocycles. The Kier molecular flexibility index (Phi) is 4.12. The standard InChI is InChI=1S/C10H11ClN2O2/c1-2-3-8(13-10(14)15)9-6-7(11)4-5-12-9/h2,4-6,8,13H,1,3H2,(H,14,15)/t8-/m0/s1. The first kappa shape index (κ1) is 11.5. The van der Waals surface area contributed by atoms with Crippen LogP contribution in [0.3, 0.4) is 0 Å². The Morgan fingerprint density at radius 2 is 2.53 bits per heavy atom. The molecule has 2 N–H and O–H groups in total. The molecule has 4 nitrogen and oxygen atoms in total. The molecule has 0 aromatic carbocycles. The van der Waals surface area contributed by atoms with E-state index in [4.69, 9.17) is 16.7 Å². The zero-order chi connectivity index (χ0) is 11.3. The molecule has 0 bridgehead atoms. The summed E-state index contributed by atoms with van der Waals surface area (Å²) in [6, 6.07) is 2.86. The Morgan fingerprint density at radius 3 is 3.07 bits per heavy atom. The Bertz CT molecular complexity index is 368. The van der Waals surface area contributed by atoms with Crippen LogP contribution in [0.4, 0.5) is 4.79 Å². The van der Waals surface area contributed by atoms with Crippen molar-refractivity contribution in [3.05, 3.63) is 41.7 Å². The largest absolute Gasteiger partial charge is 0.465 e. The highest BCUT2D eigenvalue weighted by atomic mass is 35.5. The Balaban J connectivity index is 2.87. The Hall–Kier alpha value is -1.55. The van der Waals surface area contributed by atoms with E-state index in [0.29, 0.717) is 17.1 Å². The Labute approximate surface area is 92.6 Å². The van der Waals surface area contributed by atoms with E-state index in [0.717, 1.165) is 0 Å². The lowest BCUT2D eigenvalue weighted by Crippen LogP contribution is -2.27. The third kappa shape index (κ3) is 3.59. The number of amides is 1. The first-order chi connectivity index (χ1) is 7.13. The van der Waals surface area contributed by atoms with Gasteiger partial charge in [-0.3, -0.25) is 4.98 Å². The van der Waals surface area contributed by atoms with Crippen molar-refractivity contribution in [2.45, 2.75) is 12.5 Å². The van der Waals surface area contributed by atoms with Gasteiger partial charge in [-0.25, -0.2) is 4.79 Å². The van der Waals surface area contributed by atoms with E-state index in [1.54, 1.807) is 18.2 Å². The highest BCUT2D eigenvalue weighted by molar-refractivity contribution is 6.30. The molecular weight excluding hydrogens is 216 g/mol. The lowest BCUT2D eigenvalue weighted by molar-refractivity contribution is 0.189. The third-order valence-corrected chi connectivity index (χ3v) is 2.04. The maximum atomic E-state index is 10.5. The third-order valence-electron chi connectivity index (χ3n) is 1.80. The summed E-state index contributed by atoms with van der Waals surface area (Å²) in [5.41, 5.74) is 0.588. The number of nitrogens with one attached hydrogen (secondary N) is 1. The second-order valence-corrected chi connectivity index (χ2v) is 3.36. The fourth-order valence-corrected chi connectivity index (χ4v) is 1.35. The Morgan fingerprint density at radius 1 is 1.80 bits per heavy atom. The van der Waals surface area contributed by atoms with Crippen LogP contribution in [0.25, 0.3) is 0 Å². The molecule has 5 heteroatoms. The molecule has 0 aliphatic carbocycles. The number of hydrogen-bond donors (Lipinski definition) is 2. The van der Waals surface area contributed by atoms with Crippen molar-refractivity contribution in [1.29, 1.82) is 0 Å². The first-order valence-electron chi connectivity index (χ1n) is 4.35. The molecule has 1 rings (SSSR count). The molecule has 0 fully saturated rings. The average molecular weight is 227 g/mol. The van der Waals surface area contributed by atoms with Gasteiger partial charge in [-0.1, -0.05) is 17.7 Å². The molecule has 0 spiro atoms. The lowest BCUT2D eigenvalue weighted by Gasteiger charge is -2.14. The minimum Gasteiger partial charge on any atom is -0.465 e. The number of pyridine rings is 1. The number of carboxylic acid groups (broad SMARTS) is 1. The average Bonchev–Trinajstić information content (AvgIpc) is 2.16. The van der Waals surface area contributed by atoms with Crippen molar-refractivity contribution in [3.63, 3.8) is 0 Å². The molecule has 1 atom stereocenters. The van der Waals surface area contributed by atoms with E-state index in [9.17, 15) is 4.79 Å². The van der Waals surface area contributed by atoms with Gasteiger partial charge in [0.05, 0.1) is 11.7 Å². The SMILES string of the molecule is C=CC[C@H](NC(=O)O)c1cc(Cl)ccn1. The number of halogens is 1. The minimum atomic E-state index is -1.09. The van der Waals surface area contributed by atoms with Gasteiger partial charge in [-0.15, -0.1) is 6.58 Å². The molecule has 1 aromatic rings. The topological polar surface area (TPSA) is 62.2 Å². The molecule has 1 heterocycles. The zero-order valence-corrected chi connectivity index (χ0v) is 8.74. The van der Waals surface area contributed by atoms with E-state index in [2.05, 4.69) is 16.9 Å². The molecule has 15 heavy (non-hydrogen) atoms. The molecule has 80 valence electrons. The summed E-state index contributed by atoms with van der Waals surface area (Å²) in [5, 5.41) is 11.5. The number of hydrogen-bond acceptors (Lipinski definition) is 2. The van der Waals surface area contributed by atoms with E-state index in [1.807, 2.05) is 0 Å². The summed E-state index contributed by atoms with van der Waals surface area (Å²) in [4.78, 5) is 14.6. The summed E-state index contributed by atoms with van der Waals surface area (Å²) in [6.45, 7) is 3.56. The predicted molar refractivity (Wildman–Crippen MR) is 58.0 cm³/mol. The number of aromatic nitrogens is 1. The van der Waals surface area contributed by atoms with Crippen molar-refractivity contribution in [3.8, 4) is 0 Å². The number of carbonyl (C=O) groups is 1. The summed E-state index contributed by atoms with van der Waals surface area (Å²) in [6.07, 6.45) is 2.55. The minimum absolute atomic E-state index is 0.404. The van der Waals surface area contributed by atoms with Gasteiger partial charge < -0.3 is 10.4 Å². The van der Waals surface area contributed by atoms with Crippen molar-refractivity contribution in [2.75, 3.05) is 0 Å². The molecule has 1 amide bonds. The second-order valence-electron chi connectivity index (χ2n) is 2.93.